The Morgan fingerprint density at radius 3 is 2.20 bits per heavy atom. The summed E-state index contributed by atoms with van der Waals surface area (Å²) in [7, 11) is 0. The van der Waals surface area contributed by atoms with Crippen LogP contribution in [0.15, 0.2) is 0 Å². The molecule has 20 heavy (non-hydrogen) atoms. The smallest absolute Gasteiger partial charge is 0.306 e. The molecule has 0 spiro atoms. The Morgan fingerprint density at radius 1 is 1.00 bits per heavy atom. The molecule has 1 aliphatic heterocycles. The summed E-state index contributed by atoms with van der Waals surface area (Å²) in [5.41, 5.74) is 0. The number of nitrogens with one attached hydrogen (secondary N) is 1. The van der Waals surface area contributed by atoms with Gasteiger partial charge in [0.1, 0.15) is 0 Å². The highest BCUT2D eigenvalue weighted by molar-refractivity contribution is 5.70. The molecule has 5 nitrogen and oxygen atoms in total. The third kappa shape index (κ3) is 6.89. The predicted octanol–water partition coefficient (Wildman–Crippen LogP) is 2.50. The number of piperidine rings is 1. The van der Waals surface area contributed by atoms with Crippen molar-refractivity contribution in [3.8, 4) is 0 Å². The van der Waals surface area contributed by atoms with E-state index in [0.29, 0.717) is 5.92 Å². The molecule has 0 aromatic heterocycles. The van der Waals surface area contributed by atoms with Crippen molar-refractivity contribution < 1.29 is 19.8 Å². The molecule has 1 fully saturated rings. The molecule has 3 N–H and O–H groups in total. The quantitative estimate of drug-likeness (QED) is 0.537. The lowest BCUT2D eigenvalue weighted by atomic mass is 9.82. The molecular weight excluding hydrogens is 258 g/mol. The highest BCUT2D eigenvalue weighted by Gasteiger charge is 2.28. The van der Waals surface area contributed by atoms with Gasteiger partial charge in [-0.05, 0) is 44.7 Å². The first-order chi connectivity index (χ1) is 9.61. The molecular formula is C15H27NO4. The van der Waals surface area contributed by atoms with E-state index >= 15 is 0 Å². The highest BCUT2D eigenvalue weighted by atomic mass is 16.4. The van der Waals surface area contributed by atoms with Crippen LogP contribution < -0.4 is 5.32 Å². The number of unbranched alkanes of at least 4 members (excludes halogenated alkanes) is 4. The molecule has 5 heteroatoms. The molecule has 1 saturated heterocycles. The van der Waals surface area contributed by atoms with Crippen molar-refractivity contribution in [3.05, 3.63) is 0 Å². The summed E-state index contributed by atoms with van der Waals surface area (Å²) in [5, 5.41) is 21.1. The summed E-state index contributed by atoms with van der Waals surface area (Å²) in [5.74, 6) is -1.26. The Labute approximate surface area is 120 Å². The fourth-order valence-electron chi connectivity index (χ4n) is 2.98. The third-order valence-corrected chi connectivity index (χ3v) is 4.18. The Kier molecular flexibility index (Phi) is 8.26. The second-order valence-corrected chi connectivity index (χ2v) is 5.73. The fourth-order valence-corrected chi connectivity index (χ4v) is 2.98. The maximum absolute atomic E-state index is 11.4. The zero-order chi connectivity index (χ0) is 14.8. The molecule has 0 aromatic carbocycles. The van der Waals surface area contributed by atoms with E-state index in [1.165, 1.54) is 0 Å². The lowest BCUT2D eigenvalue weighted by molar-refractivity contribution is -0.144. The second-order valence-electron chi connectivity index (χ2n) is 5.73. The first-order valence-electron chi connectivity index (χ1n) is 7.76. The number of hydrogen-bond donors (Lipinski definition) is 3. The summed E-state index contributed by atoms with van der Waals surface area (Å²) >= 11 is 0. The van der Waals surface area contributed by atoms with E-state index in [1.807, 2.05) is 0 Å². The van der Waals surface area contributed by atoms with Gasteiger partial charge in [0, 0.05) is 6.42 Å². The Hall–Kier alpha value is -1.10. The van der Waals surface area contributed by atoms with E-state index in [9.17, 15) is 14.7 Å². The monoisotopic (exact) mass is 285 g/mol. The number of hydrogen-bond acceptors (Lipinski definition) is 3. The van der Waals surface area contributed by atoms with E-state index in [2.05, 4.69) is 5.32 Å². The van der Waals surface area contributed by atoms with Gasteiger partial charge in [-0.2, -0.15) is 0 Å². The number of carbonyl (C=O) groups is 2. The number of aliphatic carboxylic acids is 2. The van der Waals surface area contributed by atoms with Gasteiger partial charge in [-0.15, -0.1) is 0 Å². The van der Waals surface area contributed by atoms with E-state index in [-0.39, 0.29) is 12.3 Å². The molecule has 116 valence electrons. The standard InChI is InChI=1S/C15H27NO4/c17-14(18)7-5-3-1-2-4-6-13(15(19)20)12-8-10-16-11-9-12/h12-13,16H,1-11H2,(H,17,18)(H,19,20). The Morgan fingerprint density at radius 2 is 1.60 bits per heavy atom. The second kappa shape index (κ2) is 9.75. The van der Waals surface area contributed by atoms with Gasteiger partial charge in [-0.1, -0.05) is 25.7 Å². The summed E-state index contributed by atoms with van der Waals surface area (Å²) in [4.78, 5) is 21.7. The molecule has 0 amide bonds. The van der Waals surface area contributed by atoms with Crippen LogP contribution >= 0.6 is 0 Å². The van der Waals surface area contributed by atoms with Gasteiger partial charge in [0.25, 0.3) is 0 Å². The SMILES string of the molecule is O=C(O)CCCCCCCC(C(=O)O)C1CCNCC1. The van der Waals surface area contributed by atoms with Crippen LogP contribution in [0, 0.1) is 11.8 Å². The molecule has 1 aliphatic rings. The number of carboxylic acid groups (broad SMARTS) is 2. The van der Waals surface area contributed by atoms with Crippen molar-refractivity contribution in [2.75, 3.05) is 13.1 Å². The molecule has 0 aliphatic carbocycles. The van der Waals surface area contributed by atoms with Gasteiger partial charge >= 0.3 is 11.9 Å². The normalized spacial score (nSPS) is 17.8. The molecule has 0 aromatic rings. The van der Waals surface area contributed by atoms with E-state index < -0.39 is 11.9 Å². The summed E-state index contributed by atoms with van der Waals surface area (Å²) < 4.78 is 0. The van der Waals surface area contributed by atoms with E-state index in [1.54, 1.807) is 0 Å². The Balaban J connectivity index is 2.13. The first-order valence-corrected chi connectivity index (χ1v) is 7.76. The van der Waals surface area contributed by atoms with Gasteiger partial charge < -0.3 is 15.5 Å². The molecule has 0 radical (unpaired) electrons. The lowest BCUT2D eigenvalue weighted by Crippen LogP contribution is -2.34. The van der Waals surface area contributed by atoms with Crippen molar-refractivity contribution in [3.63, 3.8) is 0 Å². The van der Waals surface area contributed by atoms with Gasteiger partial charge in [-0.25, -0.2) is 0 Å². The number of rotatable bonds is 10. The zero-order valence-corrected chi connectivity index (χ0v) is 12.1. The maximum Gasteiger partial charge on any atom is 0.306 e. The molecule has 1 unspecified atom stereocenters. The van der Waals surface area contributed by atoms with E-state index in [4.69, 9.17) is 5.11 Å². The van der Waals surface area contributed by atoms with Crippen molar-refractivity contribution in [1.82, 2.24) is 5.32 Å². The average Bonchev–Trinajstić information content (AvgIpc) is 2.42. The van der Waals surface area contributed by atoms with E-state index in [0.717, 1.165) is 64.5 Å². The fraction of sp³-hybridized carbons (Fsp3) is 0.867. The largest absolute Gasteiger partial charge is 0.481 e. The first kappa shape index (κ1) is 17.0. The summed E-state index contributed by atoms with van der Waals surface area (Å²) in [6, 6.07) is 0. The number of carboxylic acids is 2. The Bertz CT molecular complexity index is 300. The molecule has 1 rings (SSSR count). The van der Waals surface area contributed by atoms with Crippen LogP contribution in [0.1, 0.15) is 57.8 Å². The van der Waals surface area contributed by atoms with Gasteiger partial charge in [0.15, 0.2) is 0 Å². The van der Waals surface area contributed by atoms with Crippen LogP contribution in [0.4, 0.5) is 0 Å². The topological polar surface area (TPSA) is 86.6 Å². The third-order valence-electron chi connectivity index (χ3n) is 4.18. The minimum atomic E-state index is -0.734. The van der Waals surface area contributed by atoms with Gasteiger partial charge in [0.2, 0.25) is 0 Å². The molecule has 0 bridgehead atoms. The van der Waals surface area contributed by atoms with Crippen molar-refractivity contribution in [1.29, 1.82) is 0 Å². The van der Waals surface area contributed by atoms with Crippen LogP contribution in [-0.4, -0.2) is 35.2 Å². The lowest BCUT2D eigenvalue weighted by Gasteiger charge is -2.28. The van der Waals surface area contributed by atoms with Crippen molar-refractivity contribution in [2.24, 2.45) is 11.8 Å². The molecule has 0 saturated carbocycles. The van der Waals surface area contributed by atoms with Gasteiger partial charge in [0.05, 0.1) is 5.92 Å². The van der Waals surface area contributed by atoms with Crippen molar-refractivity contribution >= 4 is 11.9 Å². The van der Waals surface area contributed by atoms with Crippen LogP contribution in [0.25, 0.3) is 0 Å². The van der Waals surface area contributed by atoms with Crippen LogP contribution in [-0.2, 0) is 9.59 Å². The summed E-state index contributed by atoms with van der Waals surface area (Å²) in [6.45, 7) is 1.87. The zero-order valence-electron chi connectivity index (χ0n) is 12.1. The van der Waals surface area contributed by atoms with Crippen LogP contribution in [0.2, 0.25) is 0 Å². The maximum atomic E-state index is 11.4. The van der Waals surface area contributed by atoms with Crippen molar-refractivity contribution in [2.45, 2.75) is 57.8 Å². The minimum absolute atomic E-state index is 0.198. The molecule has 1 atom stereocenters. The minimum Gasteiger partial charge on any atom is -0.481 e. The highest BCUT2D eigenvalue weighted by Crippen LogP contribution is 2.27. The molecule has 1 heterocycles. The van der Waals surface area contributed by atoms with Gasteiger partial charge in [-0.3, -0.25) is 9.59 Å². The van der Waals surface area contributed by atoms with Crippen LogP contribution in [0.5, 0.6) is 0 Å². The van der Waals surface area contributed by atoms with Crippen LogP contribution in [0.3, 0.4) is 0 Å². The predicted molar refractivity (Wildman–Crippen MR) is 76.7 cm³/mol. The average molecular weight is 285 g/mol. The summed E-state index contributed by atoms with van der Waals surface area (Å²) in [6.07, 6.45) is 7.55.